The maximum atomic E-state index is 13.8. The highest BCUT2D eigenvalue weighted by molar-refractivity contribution is 5.82. The van der Waals surface area contributed by atoms with Crippen LogP contribution in [-0.4, -0.2) is 49.6 Å². The molecule has 2 aliphatic heterocycles. The Labute approximate surface area is 214 Å². The van der Waals surface area contributed by atoms with E-state index in [-0.39, 0.29) is 23.1 Å². The second-order valence-electron chi connectivity index (χ2n) is 10.2. The molecular formula is C28H30F3N5O. The Hall–Kier alpha value is -3.72. The molecule has 37 heavy (non-hydrogen) atoms. The topological polar surface area (TPSA) is 87.6 Å². The van der Waals surface area contributed by atoms with Crippen molar-refractivity contribution in [2.45, 2.75) is 12.5 Å². The van der Waals surface area contributed by atoms with Crippen LogP contribution in [0.15, 0.2) is 66.7 Å². The van der Waals surface area contributed by atoms with Crippen molar-refractivity contribution in [2.24, 2.45) is 17.1 Å². The summed E-state index contributed by atoms with van der Waals surface area (Å²) in [5.41, 5.74) is 14.7. The summed E-state index contributed by atoms with van der Waals surface area (Å²) in [5.74, 6) is -1.62. The van der Waals surface area contributed by atoms with Gasteiger partial charge in [0.2, 0.25) is 5.91 Å². The highest BCUT2D eigenvalue weighted by Gasteiger charge is 2.55. The first kappa shape index (κ1) is 25.0. The lowest BCUT2D eigenvalue weighted by molar-refractivity contribution is -0.132. The van der Waals surface area contributed by atoms with Gasteiger partial charge in [-0.2, -0.15) is 0 Å². The molecule has 9 heteroatoms. The molecule has 2 heterocycles. The number of benzene rings is 3. The molecule has 0 aromatic heterocycles. The lowest BCUT2D eigenvalue weighted by atomic mass is 9.71. The Bertz CT molecular complexity index is 1240. The highest BCUT2D eigenvalue weighted by atomic mass is 19.1. The summed E-state index contributed by atoms with van der Waals surface area (Å²) in [4.78, 5) is 17.1. The summed E-state index contributed by atoms with van der Waals surface area (Å²) in [5, 5.41) is 3.36. The lowest BCUT2D eigenvalue weighted by Gasteiger charge is -2.52. The Morgan fingerprint density at radius 2 is 1.59 bits per heavy atom. The monoisotopic (exact) mass is 509 g/mol. The molecule has 1 unspecified atom stereocenters. The molecule has 2 atom stereocenters. The van der Waals surface area contributed by atoms with Crippen molar-refractivity contribution >= 4 is 23.0 Å². The van der Waals surface area contributed by atoms with Crippen LogP contribution >= 0.6 is 0 Å². The molecule has 3 aromatic rings. The van der Waals surface area contributed by atoms with Gasteiger partial charge in [-0.15, -0.1) is 0 Å². The number of likely N-dealkylation sites (tertiary alicyclic amines) is 1. The fourth-order valence-electron chi connectivity index (χ4n) is 5.50. The first-order valence-electron chi connectivity index (χ1n) is 12.3. The van der Waals surface area contributed by atoms with E-state index in [0.717, 1.165) is 17.3 Å². The number of halogens is 3. The summed E-state index contributed by atoms with van der Waals surface area (Å²) in [6, 6.07) is 16.2. The summed E-state index contributed by atoms with van der Waals surface area (Å²) >= 11 is 0. The molecule has 0 bridgehead atoms. The van der Waals surface area contributed by atoms with Crippen LogP contribution in [0.3, 0.4) is 0 Å². The van der Waals surface area contributed by atoms with Crippen LogP contribution in [0, 0.1) is 28.8 Å². The third kappa shape index (κ3) is 5.36. The Kier molecular flexibility index (Phi) is 6.72. The Balaban J connectivity index is 1.30. The van der Waals surface area contributed by atoms with E-state index in [1.807, 2.05) is 21.9 Å². The summed E-state index contributed by atoms with van der Waals surface area (Å²) in [7, 11) is 0. The zero-order valence-corrected chi connectivity index (χ0v) is 20.3. The van der Waals surface area contributed by atoms with Crippen LogP contribution in [0.5, 0.6) is 0 Å². The molecule has 0 aliphatic carbocycles. The van der Waals surface area contributed by atoms with Crippen molar-refractivity contribution in [3.05, 3.63) is 89.7 Å². The van der Waals surface area contributed by atoms with Crippen molar-refractivity contribution in [1.82, 2.24) is 4.90 Å². The lowest BCUT2D eigenvalue weighted by Crippen LogP contribution is -2.61. The molecule has 0 radical (unpaired) electrons. The number of carbonyl (C=O) groups excluding carboxylic acids is 1. The first-order valence-corrected chi connectivity index (χ1v) is 12.3. The molecule has 2 saturated heterocycles. The molecule has 5 rings (SSSR count). The van der Waals surface area contributed by atoms with Crippen LogP contribution in [-0.2, 0) is 11.2 Å². The van der Waals surface area contributed by atoms with Gasteiger partial charge in [-0.1, -0.05) is 12.1 Å². The summed E-state index contributed by atoms with van der Waals surface area (Å²) in [6.45, 7) is 2.69. The number of nitrogens with one attached hydrogen (secondary N) is 1. The van der Waals surface area contributed by atoms with Gasteiger partial charge in [0.15, 0.2) is 0 Å². The fourth-order valence-corrected chi connectivity index (χ4v) is 5.50. The zero-order chi connectivity index (χ0) is 26.2. The quantitative estimate of drug-likeness (QED) is 0.424. The molecule has 6 nitrogen and oxygen atoms in total. The van der Waals surface area contributed by atoms with Crippen LogP contribution in [0.4, 0.5) is 30.2 Å². The minimum absolute atomic E-state index is 0.0693. The Morgan fingerprint density at radius 3 is 2.24 bits per heavy atom. The molecule has 0 saturated carbocycles. The van der Waals surface area contributed by atoms with Crippen molar-refractivity contribution in [1.29, 1.82) is 0 Å². The largest absolute Gasteiger partial charge is 0.399 e. The molecule has 1 spiro atoms. The fraction of sp³-hybridized carbons (Fsp3) is 0.321. The van der Waals surface area contributed by atoms with Crippen LogP contribution < -0.4 is 21.7 Å². The van der Waals surface area contributed by atoms with Gasteiger partial charge in [-0.3, -0.25) is 4.79 Å². The van der Waals surface area contributed by atoms with Crippen LogP contribution in [0.25, 0.3) is 0 Å². The predicted octanol–water partition coefficient (Wildman–Crippen LogP) is 3.63. The number of rotatable bonds is 7. The highest BCUT2D eigenvalue weighted by Crippen LogP contribution is 2.46. The maximum absolute atomic E-state index is 13.8. The van der Waals surface area contributed by atoms with Gasteiger partial charge in [0.05, 0.1) is 6.04 Å². The van der Waals surface area contributed by atoms with Gasteiger partial charge in [-0.05, 0) is 60.5 Å². The van der Waals surface area contributed by atoms with E-state index in [0.29, 0.717) is 50.5 Å². The van der Waals surface area contributed by atoms with Gasteiger partial charge in [-0.25, -0.2) is 13.2 Å². The Morgan fingerprint density at radius 1 is 0.946 bits per heavy atom. The van der Waals surface area contributed by atoms with Crippen molar-refractivity contribution < 1.29 is 18.0 Å². The molecule has 1 amide bonds. The van der Waals surface area contributed by atoms with E-state index in [9.17, 15) is 18.0 Å². The first-order chi connectivity index (χ1) is 17.7. The molecular weight excluding hydrogens is 479 g/mol. The van der Waals surface area contributed by atoms with Crippen molar-refractivity contribution in [3.8, 4) is 0 Å². The van der Waals surface area contributed by atoms with E-state index in [4.69, 9.17) is 11.5 Å². The van der Waals surface area contributed by atoms with E-state index < -0.39 is 17.7 Å². The number of amides is 1. The van der Waals surface area contributed by atoms with Crippen molar-refractivity contribution in [3.63, 3.8) is 0 Å². The van der Waals surface area contributed by atoms with Gasteiger partial charge in [0.25, 0.3) is 0 Å². The van der Waals surface area contributed by atoms with Gasteiger partial charge in [0.1, 0.15) is 17.5 Å². The molecule has 194 valence electrons. The zero-order valence-electron chi connectivity index (χ0n) is 20.3. The number of nitrogen functional groups attached to an aromatic ring is 1. The molecule has 5 N–H and O–H groups in total. The van der Waals surface area contributed by atoms with E-state index in [1.54, 1.807) is 24.3 Å². The maximum Gasteiger partial charge on any atom is 0.239 e. The number of nitrogens with zero attached hydrogens (tertiary/aromatic N) is 2. The minimum Gasteiger partial charge on any atom is -0.399 e. The van der Waals surface area contributed by atoms with E-state index in [1.165, 1.54) is 24.3 Å². The third-order valence-electron chi connectivity index (χ3n) is 7.50. The van der Waals surface area contributed by atoms with E-state index in [2.05, 4.69) is 5.32 Å². The number of anilines is 3. The number of nitrogens with two attached hydrogens (primary N) is 2. The average molecular weight is 510 g/mol. The number of hydrogen-bond acceptors (Lipinski definition) is 5. The third-order valence-corrected chi connectivity index (χ3v) is 7.50. The second-order valence-corrected chi connectivity index (χ2v) is 10.2. The summed E-state index contributed by atoms with van der Waals surface area (Å²) < 4.78 is 40.9. The summed E-state index contributed by atoms with van der Waals surface area (Å²) in [6.07, 6.45) is 0.399. The van der Waals surface area contributed by atoms with Gasteiger partial charge >= 0.3 is 0 Å². The predicted molar refractivity (Wildman–Crippen MR) is 138 cm³/mol. The molecule has 2 aliphatic rings. The van der Waals surface area contributed by atoms with Gasteiger partial charge in [0, 0.05) is 67.2 Å². The second kappa shape index (κ2) is 9.97. The van der Waals surface area contributed by atoms with Crippen LogP contribution in [0.2, 0.25) is 0 Å². The SMILES string of the molecule is Nc1ccc(C[C@@H](N)C(=O)N2CC(CNc3ccc(F)cc3)C3(C2)CN(c2cc(F)cc(F)c2)C3)cc1. The van der Waals surface area contributed by atoms with Crippen LogP contribution in [0.1, 0.15) is 5.56 Å². The van der Waals surface area contributed by atoms with Gasteiger partial charge < -0.3 is 26.6 Å². The van der Waals surface area contributed by atoms with Crippen molar-refractivity contribution in [2.75, 3.05) is 48.7 Å². The number of carbonyl (C=O) groups is 1. The minimum atomic E-state index is -0.696. The standard InChI is InChI=1S/C28H30F3N5O/c29-20-3-7-24(8-4-20)34-13-19-14-35(27(37)26(33)9-18-1-5-23(32)6-2-18)15-28(19)16-36(17-28)25-11-21(30)10-22(31)12-25/h1-8,10-12,19,26,34H,9,13-17,32-33H2/t19?,26-/m1/s1. The molecule has 2 fully saturated rings. The van der Waals surface area contributed by atoms with E-state index >= 15 is 0 Å². The smallest absolute Gasteiger partial charge is 0.239 e. The molecule has 3 aromatic carbocycles. The average Bonchev–Trinajstić information content (AvgIpc) is 3.23. The number of hydrogen-bond donors (Lipinski definition) is 3. The normalized spacial score (nSPS) is 19.1.